The van der Waals surface area contributed by atoms with Crippen molar-refractivity contribution in [3.05, 3.63) is 58.9 Å². The molecule has 98 valence electrons. The molecule has 1 aromatic carbocycles. The van der Waals surface area contributed by atoms with Gasteiger partial charge in [-0.05, 0) is 43.0 Å². The van der Waals surface area contributed by atoms with E-state index < -0.39 is 0 Å². The maximum atomic E-state index is 9.86. The first-order valence-corrected chi connectivity index (χ1v) is 6.57. The van der Waals surface area contributed by atoms with Crippen LogP contribution in [0.5, 0.6) is 5.75 Å². The first-order chi connectivity index (χ1) is 9.24. The number of aliphatic hydroxyl groups excluding tert-OH is 1. The second-order valence-corrected chi connectivity index (χ2v) is 5.04. The van der Waals surface area contributed by atoms with Gasteiger partial charge in [-0.2, -0.15) is 0 Å². The normalized spacial score (nSPS) is 17.3. The van der Waals surface area contributed by atoms with Gasteiger partial charge >= 0.3 is 0 Å². The number of rotatable bonds is 3. The topological polar surface area (TPSA) is 42.4 Å². The quantitative estimate of drug-likeness (QED) is 0.917. The lowest BCUT2D eigenvalue weighted by Crippen LogP contribution is -1.99. The van der Waals surface area contributed by atoms with Gasteiger partial charge in [0.25, 0.3) is 0 Å². The van der Waals surface area contributed by atoms with Gasteiger partial charge < -0.3 is 9.84 Å². The minimum absolute atomic E-state index is 0.334. The van der Waals surface area contributed by atoms with Crippen LogP contribution in [0.4, 0.5) is 0 Å². The summed E-state index contributed by atoms with van der Waals surface area (Å²) in [7, 11) is 0. The van der Waals surface area contributed by atoms with Crippen LogP contribution in [0.3, 0.4) is 0 Å². The summed E-state index contributed by atoms with van der Waals surface area (Å²) < 4.78 is 5.89. The average Bonchev–Trinajstić information content (AvgIpc) is 2.79. The van der Waals surface area contributed by atoms with Gasteiger partial charge in [0.05, 0.1) is 6.10 Å². The molecule has 1 aromatic heterocycles. The Morgan fingerprint density at radius 3 is 3.11 bits per heavy atom. The molecule has 1 unspecified atom stereocenters. The highest BCUT2D eigenvalue weighted by Crippen LogP contribution is 2.36. The maximum absolute atomic E-state index is 9.86. The Balaban J connectivity index is 1.78. The van der Waals surface area contributed by atoms with Crippen LogP contribution < -0.4 is 4.74 Å². The van der Waals surface area contributed by atoms with E-state index in [9.17, 15) is 5.11 Å². The summed E-state index contributed by atoms with van der Waals surface area (Å²) >= 11 is 0. The van der Waals surface area contributed by atoms with Gasteiger partial charge in [-0.3, -0.25) is 4.98 Å². The van der Waals surface area contributed by atoms with E-state index in [4.69, 9.17) is 4.74 Å². The summed E-state index contributed by atoms with van der Waals surface area (Å²) in [5.74, 6) is 0.885. The molecule has 0 spiro atoms. The number of aromatic nitrogens is 1. The molecule has 3 nitrogen and oxygen atoms in total. The Morgan fingerprint density at radius 1 is 1.37 bits per heavy atom. The van der Waals surface area contributed by atoms with Crippen LogP contribution in [0.1, 0.15) is 34.8 Å². The summed E-state index contributed by atoms with van der Waals surface area (Å²) in [5, 5.41) is 9.86. The van der Waals surface area contributed by atoms with Gasteiger partial charge in [0.2, 0.25) is 0 Å². The van der Waals surface area contributed by atoms with Crippen molar-refractivity contribution in [1.29, 1.82) is 0 Å². The molecule has 0 saturated carbocycles. The van der Waals surface area contributed by atoms with Crippen molar-refractivity contribution in [1.82, 2.24) is 4.98 Å². The molecule has 0 fully saturated rings. The third-order valence-electron chi connectivity index (χ3n) is 3.52. The SMILES string of the molecule is Cc1cncc(COc2cccc3c2CCC3O)c1. The van der Waals surface area contributed by atoms with E-state index in [1.54, 1.807) is 0 Å². The van der Waals surface area contributed by atoms with E-state index in [2.05, 4.69) is 11.1 Å². The lowest BCUT2D eigenvalue weighted by molar-refractivity contribution is 0.180. The van der Waals surface area contributed by atoms with Gasteiger partial charge in [0.1, 0.15) is 12.4 Å². The zero-order chi connectivity index (χ0) is 13.2. The minimum atomic E-state index is -0.334. The van der Waals surface area contributed by atoms with E-state index in [1.165, 1.54) is 0 Å². The third kappa shape index (κ3) is 2.47. The smallest absolute Gasteiger partial charge is 0.123 e. The number of nitrogens with zero attached hydrogens (tertiary/aromatic N) is 1. The molecule has 1 heterocycles. The number of hydrogen-bond donors (Lipinski definition) is 1. The van der Waals surface area contributed by atoms with Gasteiger partial charge in [-0.15, -0.1) is 0 Å². The third-order valence-corrected chi connectivity index (χ3v) is 3.52. The number of fused-ring (bicyclic) bond motifs is 1. The second kappa shape index (κ2) is 5.02. The molecule has 2 aromatic rings. The number of aryl methyl sites for hydroxylation is 1. The molecule has 0 amide bonds. The van der Waals surface area contributed by atoms with Crippen molar-refractivity contribution in [2.24, 2.45) is 0 Å². The Kier molecular flexibility index (Phi) is 3.22. The monoisotopic (exact) mass is 255 g/mol. The maximum Gasteiger partial charge on any atom is 0.123 e. The largest absolute Gasteiger partial charge is 0.489 e. The van der Waals surface area contributed by atoms with Gasteiger partial charge in [0.15, 0.2) is 0 Å². The van der Waals surface area contributed by atoms with Crippen LogP contribution in [0.2, 0.25) is 0 Å². The lowest BCUT2D eigenvalue weighted by Gasteiger charge is -2.11. The van der Waals surface area contributed by atoms with Crippen LogP contribution in [0.25, 0.3) is 0 Å². The predicted octanol–water partition coefficient (Wildman–Crippen LogP) is 2.95. The van der Waals surface area contributed by atoms with Crippen molar-refractivity contribution in [2.75, 3.05) is 0 Å². The second-order valence-electron chi connectivity index (χ2n) is 5.04. The van der Waals surface area contributed by atoms with Crippen molar-refractivity contribution in [3.8, 4) is 5.75 Å². The van der Waals surface area contributed by atoms with Crippen LogP contribution in [0, 0.1) is 6.92 Å². The van der Waals surface area contributed by atoms with E-state index in [1.807, 2.05) is 37.5 Å². The fraction of sp³-hybridized carbons (Fsp3) is 0.312. The lowest BCUT2D eigenvalue weighted by atomic mass is 10.1. The molecular formula is C16H17NO2. The molecule has 0 aliphatic heterocycles. The number of pyridine rings is 1. The van der Waals surface area contributed by atoms with Crippen molar-refractivity contribution in [3.63, 3.8) is 0 Å². The summed E-state index contributed by atoms with van der Waals surface area (Å²) in [5.41, 5.74) is 4.36. The molecule has 3 heteroatoms. The molecule has 0 bridgehead atoms. The Labute approximate surface area is 112 Å². The Bertz CT molecular complexity index is 595. The molecule has 19 heavy (non-hydrogen) atoms. The van der Waals surface area contributed by atoms with Crippen LogP contribution in [-0.4, -0.2) is 10.1 Å². The molecule has 1 N–H and O–H groups in total. The standard InChI is InChI=1S/C16H17NO2/c1-11-7-12(9-17-8-11)10-19-16-4-2-3-13-14(16)5-6-15(13)18/h2-4,7-9,15,18H,5-6,10H2,1H3. The van der Waals surface area contributed by atoms with Crippen molar-refractivity contribution >= 4 is 0 Å². The molecule has 1 atom stereocenters. The highest BCUT2D eigenvalue weighted by Gasteiger charge is 2.23. The predicted molar refractivity (Wildman–Crippen MR) is 73.0 cm³/mol. The number of aliphatic hydroxyl groups is 1. The molecule has 1 aliphatic carbocycles. The van der Waals surface area contributed by atoms with Crippen molar-refractivity contribution in [2.45, 2.75) is 32.5 Å². The highest BCUT2D eigenvalue weighted by molar-refractivity contribution is 5.44. The van der Waals surface area contributed by atoms with E-state index in [0.717, 1.165) is 40.8 Å². The number of hydrogen-bond acceptors (Lipinski definition) is 3. The summed E-state index contributed by atoms with van der Waals surface area (Å²) in [4.78, 5) is 4.16. The first kappa shape index (κ1) is 12.2. The molecular weight excluding hydrogens is 238 g/mol. The molecule has 1 aliphatic rings. The molecule has 3 rings (SSSR count). The molecule has 0 radical (unpaired) electrons. The fourth-order valence-electron chi connectivity index (χ4n) is 2.59. The molecule has 0 saturated heterocycles. The van der Waals surface area contributed by atoms with Gasteiger partial charge in [0, 0.05) is 23.5 Å². The average molecular weight is 255 g/mol. The number of benzene rings is 1. The summed E-state index contributed by atoms with van der Waals surface area (Å²) in [6, 6.07) is 7.97. The van der Waals surface area contributed by atoms with E-state index in [-0.39, 0.29) is 6.10 Å². The summed E-state index contributed by atoms with van der Waals surface area (Å²) in [6.07, 6.45) is 5.00. The van der Waals surface area contributed by atoms with E-state index in [0.29, 0.717) is 6.61 Å². The Morgan fingerprint density at radius 2 is 2.26 bits per heavy atom. The Hall–Kier alpha value is -1.87. The fourth-order valence-corrected chi connectivity index (χ4v) is 2.59. The first-order valence-electron chi connectivity index (χ1n) is 6.57. The van der Waals surface area contributed by atoms with E-state index >= 15 is 0 Å². The highest BCUT2D eigenvalue weighted by atomic mass is 16.5. The van der Waals surface area contributed by atoms with Crippen LogP contribution in [0.15, 0.2) is 36.7 Å². The number of ether oxygens (including phenoxy) is 1. The van der Waals surface area contributed by atoms with Crippen molar-refractivity contribution < 1.29 is 9.84 Å². The van der Waals surface area contributed by atoms with Crippen LogP contribution >= 0.6 is 0 Å². The zero-order valence-electron chi connectivity index (χ0n) is 11.0. The van der Waals surface area contributed by atoms with Crippen LogP contribution in [-0.2, 0) is 13.0 Å². The zero-order valence-corrected chi connectivity index (χ0v) is 11.0. The minimum Gasteiger partial charge on any atom is -0.489 e. The summed E-state index contributed by atoms with van der Waals surface area (Å²) in [6.45, 7) is 2.54. The van der Waals surface area contributed by atoms with Gasteiger partial charge in [-0.1, -0.05) is 12.1 Å². The van der Waals surface area contributed by atoms with Gasteiger partial charge in [-0.25, -0.2) is 0 Å².